The van der Waals surface area contributed by atoms with Crippen molar-refractivity contribution in [1.82, 2.24) is 0 Å². The van der Waals surface area contributed by atoms with Gasteiger partial charge in [0.15, 0.2) is 0 Å². The predicted molar refractivity (Wildman–Crippen MR) is 212 cm³/mol. The molecule has 12 heteroatoms. The summed E-state index contributed by atoms with van der Waals surface area (Å²) in [7, 11) is -3.50. The summed E-state index contributed by atoms with van der Waals surface area (Å²) in [6.45, 7) is 57.3. The van der Waals surface area contributed by atoms with Crippen molar-refractivity contribution in [3.63, 3.8) is 0 Å². The van der Waals surface area contributed by atoms with Crippen LogP contribution in [0.25, 0.3) is 14.9 Å². The Hall–Kier alpha value is 2.00. The third-order valence-corrected chi connectivity index (χ3v) is 7.16. The van der Waals surface area contributed by atoms with E-state index in [1.165, 1.54) is 0 Å². The first kappa shape index (κ1) is 71.4. The molecular weight excluding hydrogens is 670 g/mol. The summed E-state index contributed by atoms with van der Waals surface area (Å²) in [5.41, 5.74) is 0.388. The summed E-state index contributed by atoms with van der Waals surface area (Å²) in [5, 5.41) is 19.8. The molecule has 0 aliphatic rings. The molecule has 0 aromatic rings. The topological polar surface area (TPSA) is 114 Å². The van der Waals surface area contributed by atoms with E-state index < -0.39 is 24.7 Å². The van der Waals surface area contributed by atoms with Crippen LogP contribution >= 0.6 is 0 Å². The predicted octanol–water partition coefficient (Wildman–Crippen LogP) is -0.592. The Labute approximate surface area is 374 Å². The molecule has 0 aromatic carbocycles. The molecule has 0 aliphatic heterocycles. The third kappa shape index (κ3) is 126. The van der Waals surface area contributed by atoms with Crippen molar-refractivity contribution < 1.29 is 104 Å². The van der Waals surface area contributed by atoms with Gasteiger partial charge >= 0.3 is 88.7 Å². The maximum Gasteiger partial charge on any atom is 1.00 e. The van der Waals surface area contributed by atoms with E-state index in [0.29, 0.717) is 0 Å². The van der Waals surface area contributed by atoms with Crippen molar-refractivity contribution in [3.05, 3.63) is 14.9 Å². The van der Waals surface area contributed by atoms with Crippen LogP contribution in [-0.4, -0.2) is 41.3 Å². The molecular formula is C36H84N6Na3Si3+3. The average Bonchev–Trinajstić information content (AvgIpc) is 2.60. The minimum absolute atomic E-state index is 0. The molecule has 0 atom stereocenters. The van der Waals surface area contributed by atoms with Gasteiger partial charge in [0, 0.05) is 0 Å². The molecule has 0 bridgehead atoms. The van der Waals surface area contributed by atoms with E-state index in [9.17, 15) is 0 Å². The van der Waals surface area contributed by atoms with Gasteiger partial charge < -0.3 is 14.9 Å². The Morgan fingerprint density at radius 1 is 0.312 bits per heavy atom. The smallest absolute Gasteiger partial charge is 0.660 e. The quantitative estimate of drug-likeness (QED) is 0.321. The molecule has 270 valence electrons. The first-order chi connectivity index (χ1) is 18.8. The Balaban J connectivity index is -0.0000000542. The van der Waals surface area contributed by atoms with Gasteiger partial charge in [-0.3, -0.25) is 0 Å². The zero-order valence-electron chi connectivity index (χ0n) is 38.8. The van der Waals surface area contributed by atoms with Crippen LogP contribution in [0.4, 0.5) is 0 Å². The first-order valence-electron chi connectivity index (χ1n) is 16.3. The minimum atomic E-state index is -1.17. The summed E-state index contributed by atoms with van der Waals surface area (Å²) in [5.74, 6) is 0. The van der Waals surface area contributed by atoms with Crippen LogP contribution in [0.3, 0.4) is 0 Å². The van der Waals surface area contributed by atoms with Gasteiger partial charge in [0.05, 0.1) is 16.2 Å². The van der Waals surface area contributed by atoms with Gasteiger partial charge in [-0.05, 0) is 62.3 Å². The van der Waals surface area contributed by atoms with Crippen LogP contribution < -0.4 is 104 Å². The van der Waals surface area contributed by atoms with E-state index in [0.717, 1.165) is 0 Å². The van der Waals surface area contributed by atoms with Crippen LogP contribution in [0, 0.1) is 34.5 Å². The average molecular weight is 754 g/mol. The fraction of sp³-hybridized carbons (Fsp3) is 0.917. The molecule has 0 aliphatic carbocycles. The molecule has 0 unspecified atom stereocenters. The number of nitrogens with one attached hydrogen (secondary N) is 3. The summed E-state index contributed by atoms with van der Waals surface area (Å²) >= 11 is 0. The molecule has 0 spiro atoms. The van der Waals surface area contributed by atoms with Gasteiger partial charge in [0.25, 0.3) is 18.2 Å². The van der Waals surface area contributed by atoms with E-state index >= 15 is 0 Å². The third-order valence-electron chi connectivity index (χ3n) is 3.14. The van der Waals surface area contributed by atoms with Gasteiger partial charge in [-0.2, -0.15) is 0 Å². The molecule has 0 radical (unpaired) electrons. The zero-order valence-corrected chi connectivity index (χ0v) is 47.8. The van der Waals surface area contributed by atoms with Gasteiger partial charge in [0.2, 0.25) is 0 Å². The van der Waals surface area contributed by atoms with Crippen molar-refractivity contribution in [2.45, 2.75) is 200 Å². The molecule has 0 rings (SSSR count). The van der Waals surface area contributed by atoms with Gasteiger partial charge in [0.1, 0.15) is 0 Å². The maximum absolute atomic E-state index is 6.60. The molecule has 0 saturated carbocycles. The molecule has 0 heterocycles. The molecule has 0 amide bonds. The Bertz CT molecular complexity index is 722. The van der Waals surface area contributed by atoms with Crippen molar-refractivity contribution in [2.75, 3.05) is 0 Å². The van der Waals surface area contributed by atoms with E-state index in [4.69, 9.17) is 15.8 Å². The Kier molecular flexibility index (Phi) is 43.7. The summed E-state index contributed by atoms with van der Waals surface area (Å²) in [6.07, 6.45) is 0. The fourth-order valence-electron chi connectivity index (χ4n) is 3.02. The molecule has 0 fully saturated rings. The normalized spacial score (nSPS) is 11.8. The van der Waals surface area contributed by atoms with E-state index in [1.807, 2.05) is 62.3 Å². The van der Waals surface area contributed by atoms with Crippen molar-refractivity contribution in [3.8, 4) is 18.2 Å². The number of rotatable bonds is 3. The number of nitrogens with zero attached hydrogens (tertiary/aromatic N) is 3. The van der Waals surface area contributed by atoms with E-state index in [1.54, 1.807) is 0 Å². The SMILES string of the molecule is CC(C)(C)C#[NH+].CC(C)(C)C#[NH+].CC(C)(C)C#[NH+].CC(C)(C)[N-][Si](C)(C)C.CC(C)(C)[N-][Si](C)(C)C.CC(C)(C)[N-][Si](C)(C)C.[Na+].[Na+].[Na+]. The van der Waals surface area contributed by atoms with Crippen molar-refractivity contribution in [2.24, 2.45) is 16.2 Å². The molecule has 3 N–H and O–H groups in total. The van der Waals surface area contributed by atoms with Crippen LogP contribution in [-0.2, 0) is 0 Å². The van der Waals surface area contributed by atoms with Gasteiger partial charge in [-0.25, -0.2) is 0 Å². The van der Waals surface area contributed by atoms with Gasteiger partial charge in [-0.15, -0.1) is 32.4 Å². The van der Waals surface area contributed by atoms with Crippen molar-refractivity contribution >= 4 is 24.7 Å². The second-order valence-electron chi connectivity index (χ2n) is 20.5. The largest absolute Gasteiger partial charge is 1.00 e. The maximum atomic E-state index is 6.60. The molecule has 6 nitrogen and oxygen atoms in total. The molecule has 0 aromatic heterocycles. The zero-order chi connectivity index (χ0) is 38.7. The fourth-order valence-corrected chi connectivity index (χ4v) is 9.06. The second-order valence-corrected chi connectivity index (χ2v) is 34.2. The monoisotopic (exact) mass is 754 g/mol. The number of hydrogen-bond donors (Lipinski definition) is 3. The van der Waals surface area contributed by atoms with Crippen molar-refractivity contribution in [1.29, 1.82) is 0 Å². The number of hydrogen-bond acceptors (Lipinski definition) is 0. The van der Waals surface area contributed by atoms with E-state index in [-0.39, 0.29) is 122 Å². The second kappa shape index (κ2) is 29.4. The summed E-state index contributed by atoms with van der Waals surface area (Å²) < 4.78 is 0. The Morgan fingerprint density at radius 3 is 0.396 bits per heavy atom. The molecule has 48 heavy (non-hydrogen) atoms. The minimum Gasteiger partial charge on any atom is -0.660 e. The summed E-state index contributed by atoms with van der Waals surface area (Å²) in [6, 6.07) is 7.06. The van der Waals surface area contributed by atoms with Crippen LogP contribution in [0.15, 0.2) is 0 Å². The summed E-state index contributed by atoms with van der Waals surface area (Å²) in [4.78, 5) is 14.0. The standard InChI is InChI=1S/3C7H18NSi.3C5H9N.3Na/c3*1-7(2,3)8-9(4,5)6;3*1-5(2,3)4-6;;;/h3*1-6H3;3*1-3H3;;;/q3*-1;;;;3*+1/p+3. The van der Waals surface area contributed by atoms with Crippen LogP contribution in [0.1, 0.15) is 125 Å². The van der Waals surface area contributed by atoms with Gasteiger partial charge in [-0.1, -0.05) is 146 Å². The van der Waals surface area contributed by atoms with Crippen LogP contribution in [0.2, 0.25) is 58.9 Å². The first-order valence-corrected chi connectivity index (χ1v) is 26.7. The van der Waals surface area contributed by atoms with Crippen LogP contribution in [0.5, 0.6) is 0 Å². The molecule has 0 saturated heterocycles. The van der Waals surface area contributed by atoms with E-state index in [2.05, 4.69) is 154 Å². The Morgan fingerprint density at radius 2 is 0.396 bits per heavy atom.